The van der Waals surface area contributed by atoms with Gasteiger partial charge in [0.05, 0.1) is 11.9 Å². The molecule has 0 aliphatic carbocycles. The van der Waals surface area contributed by atoms with Crippen molar-refractivity contribution in [1.29, 1.82) is 0 Å². The lowest BCUT2D eigenvalue weighted by Gasteiger charge is -2.28. The molecule has 5 nitrogen and oxygen atoms in total. The fourth-order valence-electron chi connectivity index (χ4n) is 2.58. The van der Waals surface area contributed by atoms with Crippen LogP contribution in [-0.2, 0) is 20.6 Å². The smallest absolute Gasteiger partial charge is 0.243 e. The summed E-state index contributed by atoms with van der Waals surface area (Å²) >= 11 is 1.68. The molecule has 0 aromatic heterocycles. The number of sulfonamides is 1. The zero-order valence-corrected chi connectivity index (χ0v) is 16.9. The third-order valence-electron chi connectivity index (χ3n) is 3.81. The van der Waals surface area contributed by atoms with Crippen LogP contribution >= 0.6 is 11.8 Å². The topological polar surface area (TPSA) is 66.5 Å². The molecule has 0 saturated carbocycles. The first-order valence-corrected chi connectivity index (χ1v) is 11.4. The van der Waals surface area contributed by atoms with Gasteiger partial charge < -0.3 is 5.32 Å². The summed E-state index contributed by atoms with van der Waals surface area (Å²) in [5.74, 6) is 0.549. The Labute approximate surface area is 164 Å². The van der Waals surface area contributed by atoms with E-state index in [0.717, 1.165) is 22.4 Å². The van der Waals surface area contributed by atoms with Crippen molar-refractivity contribution in [2.45, 2.75) is 18.7 Å². The van der Waals surface area contributed by atoms with Crippen LogP contribution in [0.5, 0.6) is 0 Å². The number of nitrogens with one attached hydrogen (secondary N) is 1. The number of carbonyl (C=O) groups excluding carboxylic acids is 1. The molecule has 0 radical (unpaired) electrons. The summed E-state index contributed by atoms with van der Waals surface area (Å²) in [6, 6.07) is 14.2. The number of carbonyl (C=O) groups is 1. The number of hydrogen-bond donors (Lipinski definition) is 1. The number of halogens is 1. The van der Waals surface area contributed by atoms with Crippen LogP contribution in [0.2, 0.25) is 0 Å². The van der Waals surface area contributed by atoms with E-state index >= 15 is 0 Å². The van der Waals surface area contributed by atoms with Crippen molar-refractivity contribution in [2.24, 2.45) is 0 Å². The maximum atomic E-state index is 13.5. The maximum absolute atomic E-state index is 13.5. The summed E-state index contributed by atoms with van der Waals surface area (Å²) < 4.78 is 38.7. The average molecular weight is 411 g/mol. The van der Waals surface area contributed by atoms with Gasteiger partial charge in [-0.25, -0.2) is 12.8 Å². The summed E-state index contributed by atoms with van der Waals surface area (Å²) in [5.41, 5.74) is 1.33. The van der Waals surface area contributed by atoms with Crippen LogP contribution < -0.4 is 9.62 Å². The minimum absolute atomic E-state index is 0.124. The van der Waals surface area contributed by atoms with Gasteiger partial charge in [0, 0.05) is 18.1 Å². The second-order valence-corrected chi connectivity index (χ2v) is 9.01. The second kappa shape index (κ2) is 9.75. The van der Waals surface area contributed by atoms with Gasteiger partial charge in [-0.1, -0.05) is 36.4 Å². The van der Waals surface area contributed by atoms with Crippen LogP contribution in [0.3, 0.4) is 0 Å². The minimum atomic E-state index is -3.75. The van der Waals surface area contributed by atoms with E-state index in [1.165, 1.54) is 30.7 Å². The first-order chi connectivity index (χ1) is 12.8. The van der Waals surface area contributed by atoms with E-state index in [1.54, 1.807) is 11.8 Å². The molecule has 8 heteroatoms. The molecule has 1 atom stereocenters. The quantitative estimate of drug-likeness (QED) is 0.646. The van der Waals surface area contributed by atoms with Gasteiger partial charge in [-0.05, 0) is 30.7 Å². The lowest BCUT2D eigenvalue weighted by atomic mass is 10.2. The SMILES string of the molecule is CC(C(=O)NCCSCc1ccccc1)N(c1cccc(F)c1)S(C)(=O)=O. The molecule has 2 aromatic carbocycles. The van der Waals surface area contributed by atoms with Gasteiger partial charge in [-0.15, -0.1) is 0 Å². The van der Waals surface area contributed by atoms with E-state index in [0.29, 0.717) is 12.3 Å². The standard InChI is InChI=1S/C19H23FN2O3S2/c1-15(22(27(2,24)25)18-10-6-9-17(20)13-18)19(23)21-11-12-26-14-16-7-4-3-5-8-16/h3-10,13,15H,11-12,14H2,1-2H3,(H,21,23). The molecular weight excluding hydrogens is 387 g/mol. The highest BCUT2D eigenvalue weighted by Gasteiger charge is 2.29. The van der Waals surface area contributed by atoms with Gasteiger partial charge >= 0.3 is 0 Å². The van der Waals surface area contributed by atoms with Crippen molar-refractivity contribution < 1.29 is 17.6 Å². The molecule has 0 bridgehead atoms. The Morgan fingerprint density at radius 2 is 1.89 bits per heavy atom. The third-order valence-corrected chi connectivity index (χ3v) is 6.08. The Kier molecular flexibility index (Phi) is 7.67. The predicted octanol–water partition coefficient (Wildman–Crippen LogP) is 3.03. The van der Waals surface area contributed by atoms with Crippen LogP contribution in [-0.4, -0.2) is 38.9 Å². The first kappa shape index (κ1) is 21.2. The summed E-state index contributed by atoms with van der Waals surface area (Å²) in [5, 5.41) is 2.75. The van der Waals surface area contributed by atoms with Crippen LogP contribution in [0.25, 0.3) is 0 Å². The van der Waals surface area contributed by atoms with Crippen molar-refractivity contribution >= 4 is 33.4 Å². The molecule has 0 spiro atoms. The molecule has 2 aromatic rings. The van der Waals surface area contributed by atoms with Crippen molar-refractivity contribution in [2.75, 3.05) is 22.9 Å². The molecule has 1 N–H and O–H groups in total. The number of anilines is 1. The second-order valence-electron chi connectivity index (χ2n) is 6.04. The van der Waals surface area contributed by atoms with E-state index in [4.69, 9.17) is 0 Å². The molecule has 0 aliphatic rings. The lowest BCUT2D eigenvalue weighted by Crippen LogP contribution is -2.48. The summed E-state index contributed by atoms with van der Waals surface area (Å²) in [7, 11) is -3.75. The zero-order valence-electron chi connectivity index (χ0n) is 15.3. The van der Waals surface area contributed by atoms with Gasteiger partial charge in [0.1, 0.15) is 11.9 Å². The third kappa shape index (κ3) is 6.55. The van der Waals surface area contributed by atoms with E-state index in [9.17, 15) is 17.6 Å². The molecule has 1 amide bonds. The normalized spacial score (nSPS) is 12.4. The molecule has 0 aliphatic heterocycles. The number of rotatable bonds is 9. The number of nitrogens with zero attached hydrogens (tertiary/aromatic N) is 1. The predicted molar refractivity (Wildman–Crippen MR) is 109 cm³/mol. The summed E-state index contributed by atoms with van der Waals surface area (Å²) in [4.78, 5) is 12.4. The van der Waals surface area contributed by atoms with Crippen molar-refractivity contribution in [1.82, 2.24) is 5.32 Å². The Morgan fingerprint density at radius 3 is 2.52 bits per heavy atom. The van der Waals surface area contributed by atoms with Gasteiger partial charge in [0.25, 0.3) is 0 Å². The van der Waals surface area contributed by atoms with E-state index < -0.39 is 27.8 Å². The maximum Gasteiger partial charge on any atom is 0.243 e. The van der Waals surface area contributed by atoms with Crippen LogP contribution in [0.4, 0.5) is 10.1 Å². The zero-order chi connectivity index (χ0) is 19.9. The van der Waals surface area contributed by atoms with Crippen LogP contribution in [0.1, 0.15) is 12.5 Å². The van der Waals surface area contributed by atoms with Gasteiger partial charge in [-0.3, -0.25) is 9.10 Å². The van der Waals surface area contributed by atoms with E-state index in [2.05, 4.69) is 5.32 Å². The van der Waals surface area contributed by atoms with Crippen molar-refractivity contribution in [3.05, 3.63) is 66.0 Å². The van der Waals surface area contributed by atoms with Gasteiger partial charge in [0.2, 0.25) is 15.9 Å². The van der Waals surface area contributed by atoms with Gasteiger partial charge in [-0.2, -0.15) is 11.8 Å². The minimum Gasteiger partial charge on any atom is -0.353 e. The lowest BCUT2D eigenvalue weighted by molar-refractivity contribution is -0.121. The highest BCUT2D eigenvalue weighted by molar-refractivity contribution is 7.98. The Bertz CT molecular complexity index is 860. The Balaban J connectivity index is 1.91. The summed E-state index contributed by atoms with van der Waals surface area (Å²) in [6.07, 6.45) is 0.997. The molecule has 27 heavy (non-hydrogen) atoms. The highest BCUT2D eigenvalue weighted by Crippen LogP contribution is 2.21. The fraction of sp³-hybridized carbons (Fsp3) is 0.316. The number of hydrogen-bond acceptors (Lipinski definition) is 4. The number of thioether (sulfide) groups is 1. The molecule has 2 rings (SSSR count). The van der Waals surface area contributed by atoms with Crippen LogP contribution in [0.15, 0.2) is 54.6 Å². The van der Waals surface area contributed by atoms with Crippen molar-refractivity contribution in [3.8, 4) is 0 Å². The van der Waals surface area contributed by atoms with Crippen molar-refractivity contribution in [3.63, 3.8) is 0 Å². The first-order valence-electron chi connectivity index (χ1n) is 8.43. The molecule has 0 heterocycles. The molecule has 0 saturated heterocycles. The largest absolute Gasteiger partial charge is 0.353 e. The highest BCUT2D eigenvalue weighted by atomic mass is 32.2. The molecule has 1 unspecified atom stereocenters. The number of amides is 1. The molecular formula is C19H23FN2O3S2. The molecule has 146 valence electrons. The van der Waals surface area contributed by atoms with Gasteiger partial charge in [0.15, 0.2) is 0 Å². The monoisotopic (exact) mass is 410 g/mol. The fourth-order valence-corrected chi connectivity index (χ4v) is 4.57. The number of benzene rings is 2. The Hall–Kier alpha value is -2.06. The summed E-state index contributed by atoms with van der Waals surface area (Å²) in [6.45, 7) is 1.90. The van der Waals surface area contributed by atoms with E-state index in [-0.39, 0.29) is 5.69 Å². The van der Waals surface area contributed by atoms with Crippen LogP contribution in [0, 0.1) is 5.82 Å². The Morgan fingerprint density at radius 1 is 1.19 bits per heavy atom. The van der Waals surface area contributed by atoms with E-state index in [1.807, 2.05) is 30.3 Å². The molecule has 0 fully saturated rings. The average Bonchev–Trinajstić information content (AvgIpc) is 2.61.